The second kappa shape index (κ2) is 7.46. The fourth-order valence-electron chi connectivity index (χ4n) is 7.15. The van der Waals surface area contributed by atoms with Crippen LogP contribution in [0.1, 0.15) is 45.4 Å². The minimum atomic E-state index is 0.267. The molecule has 4 aliphatic rings. The van der Waals surface area contributed by atoms with Crippen LogP contribution in [-0.2, 0) is 14.2 Å². The molecule has 4 fully saturated rings. The molecule has 2 saturated heterocycles. The molecule has 2 saturated carbocycles. The van der Waals surface area contributed by atoms with Crippen molar-refractivity contribution in [1.82, 2.24) is 4.90 Å². The van der Waals surface area contributed by atoms with Gasteiger partial charge in [-0.25, -0.2) is 0 Å². The van der Waals surface area contributed by atoms with Crippen LogP contribution in [0.15, 0.2) is 0 Å². The predicted octanol–water partition coefficient (Wildman–Crippen LogP) is 3.20. The highest BCUT2D eigenvalue weighted by Gasteiger charge is 2.53. The average Bonchev–Trinajstić information content (AvgIpc) is 2.66. The summed E-state index contributed by atoms with van der Waals surface area (Å²) in [5.74, 6) is 3.95. The summed E-state index contributed by atoms with van der Waals surface area (Å²) < 4.78 is 17.5. The normalized spacial score (nSPS) is 50.6. The molecular weight excluding hydrogens is 314 g/mol. The van der Waals surface area contributed by atoms with E-state index in [9.17, 15) is 0 Å². The molecule has 0 amide bonds. The lowest BCUT2D eigenvalue weighted by molar-refractivity contribution is -0.165. The van der Waals surface area contributed by atoms with E-state index < -0.39 is 0 Å². The van der Waals surface area contributed by atoms with E-state index in [1.165, 1.54) is 45.2 Å². The maximum Gasteiger partial charge on any atom is 0.0875 e. The number of hydrogen-bond donors (Lipinski definition) is 0. The number of rotatable bonds is 3. The summed E-state index contributed by atoms with van der Waals surface area (Å²) in [7, 11) is 5.64. The lowest BCUT2D eigenvalue weighted by Gasteiger charge is -2.59. The monoisotopic (exact) mass is 351 g/mol. The molecule has 0 aromatic rings. The van der Waals surface area contributed by atoms with Gasteiger partial charge in [-0.05, 0) is 68.7 Å². The lowest BCUT2D eigenvalue weighted by atomic mass is 9.58. The van der Waals surface area contributed by atoms with Gasteiger partial charge in [0.25, 0.3) is 0 Å². The Balaban J connectivity index is 1.55. The topological polar surface area (TPSA) is 30.9 Å². The Labute approximate surface area is 153 Å². The van der Waals surface area contributed by atoms with Crippen LogP contribution in [0.25, 0.3) is 0 Å². The zero-order chi connectivity index (χ0) is 17.6. The quantitative estimate of drug-likeness (QED) is 0.781. The van der Waals surface area contributed by atoms with E-state index in [1.54, 1.807) is 0 Å². The first-order chi connectivity index (χ1) is 12.2. The van der Waals surface area contributed by atoms with Crippen molar-refractivity contribution in [2.45, 2.75) is 69.8 Å². The van der Waals surface area contributed by atoms with E-state index in [-0.39, 0.29) is 12.2 Å². The second-order valence-electron chi connectivity index (χ2n) is 9.11. The maximum atomic E-state index is 5.96. The molecule has 0 spiro atoms. The van der Waals surface area contributed by atoms with Crippen LogP contribution in [0, 0.1) is 29.6 Å². The van der Waals surface area contributed by atoms with E-state index >= 15 is 0 Å². The number of nitrogens with zero attached hydrogens (tertiary/aromatic N) is 1. The van der Waals surface area contributed by atoms with Crippen molar-refractivity contribution in [3.63, 3.8) is 0 Å². The maximum absolute atomic E-state index is 5.96. The number of methoxy groups -OCH3 is 3. The van der Waals surface area contributed by atoms with Crippen LogP contribution in [0.2, 0.25) is 0 Å². The molecule has 2 aliphatic carbocycles. The lowest BCUT2D eigenvalue weighted by Crippen LogP contribution is -2.64. The molecule has 2 heterocycles. The highest BCUT2D eigenvalue weighted by Crippen LogP contribution is 2.51. The Hall–Kier alpha value is -0.160. The molecule has 0 aromatic carbocycles. The van der Waals surface area contributed by atoms with Gasteiger partial charge in [0.1, 0.15) is 0 Å². The molecule has 2 aliphatic heterocycles. The van der Waals surface area contributed by atoms with E-state index in [0.29, 0.717) is 12.0 Å². The van der Waals surface area contributed by atoms with Gasteiger partial charge in [0.05, 0.1) is 18.3 Å². The van der Waals surface area contributed by atoms with Crippen LogP contribution in [0.4, 0.5) is 0 Å². The number of hydrogen-bond acceptors (Lipinski definition) is 4. The van der Waals surface area contributed by atoms with E-state index in [4.69, 9.17) is 14.2 Å². The summed E-state index contributed by atoms with van der Waals surface area (Å²) in [6.07, 6.45) is 8.80. The minimum Gasteiger partial charge on any atom is -0.381 e. The van der Waals surface area contributed by atoms with Crippen molar-refractivity contribution in [3.8, 4) is 0 Å². The standard InChI is InChI=1S/C21H37NO3/c1-13-16-7-8-19(24-3)21(25-4)18(16)12-22-10-9-14-5-6-15(23-2)11-17(14)20(13)22/h13-21H,5-12H2,1-4H3. The van der Waals surface area contributed by atoms with Crippen molar-refractivity contribution in [2.24, 2.45) is 29.6 Å². The van der Waals surface area contributed by atoms with Gasteiger partial charge in [-0.2, -0.15) is 0 Å². The third-order valence-electron chi connectivity index (χ3n) is 8.34. The van der Waals surface area contributed by atoms with Gasteiger partial charge < -0.3 is 14.2 Å². The summed E-state index contributed by atoms with van der Waals surface area (Å²) in [5.41, 5.74) is 0. The fourth-order valence-corrected chi connectivity index (χ4v) is 7.15. The molecule has 4 nitrogen and oxygen atoms in total. The molecule has 25 heavy (non-hydrogen) atoms. The zero-order valence-corrected chi connectivity index (χ0v) is 16.5. The Bertz CT molecular complexity index is 458. The first-order valence-corrected chi connectivity index (χ1v) is 10.5. The SMILES string of the molecule is COC1CCC2CCN3CC4C(CCC(OC)C4OC)C(C)C3C2C1. The minimum absolute atomic E-state index is 0.267. The Morgan fingerprint density at radius 2 is 1.64 bits per heavy atom. The molecule has 0 N–H and O–H groups in total. The highest BCUT2D eigenvalue weighted by molar-refractivity contribution is 5.05. The molecule has 0 radical (unpaired) electrons. The van der Waals surface area contributed by atoms with Gasteiger partial charge >= 0.3 is 0 Å². The molecule has 0 bridgehead atoms. The van der Waals surface area contributed by atoms with Gasteiger partial charge in [-0.15, -0.1) is 0 Å². The Morgan fingerprint density at radius 3 is 2.36 bits per heavy atom. The molecule has 144 valence electrons. The summed E-state index contributed by atoms with van der Waals surface area (Å²) in [6.45, 7) is 5.02. The van der Waals surface area contributed by atoms with Crippen molar-refractivity contribution < 1.29 is 14.2 Å². The van der Waals surface area contributed by atoms with Gasteiger partial charge in [-0.1, -0.05) is 6.92 Å². The van der Waals surface area contributed by atoms with E-state index in [1.807, 2.05) is 21.3 Å². The first kappa shape index (κ1) is 18.2. The number of fused-ring (bicyclic) bond motifs is 4. The third-order valence-corrected chi connectivity index (χ3v) is 8.34. The van der Waals surface area contributed by atoms with Crippen molar-refractivity contribution in [1.29, 1.82) is 0 Å². The van der Waals surface area contributed by atoms with Crippen LogP contribution >= 0.6 is 0 Å². The number of piperidine rings is 2. The Kier molecular flexibility index (Phi) is 5.43. The highest BCUT2D eigenvalue weighted by atomic mass is 16.5. The summed E-state index contributed by atoms with van der Waals surface area (Å²) in [4.78, 5) is 2.83. The second-order valence-corrected chi connectivity index (χ2v) is 9.11. The number of ether oxygens (including phenoxy) is 3. The largest absolute Gasteiger partial charge is 0.381 e. The molecule has 9 atom stereocenters. The molecule has 0 aromatic heterocycles. The predicted molar refractivity (Wildman–Crippen MR) is 98.6 cm³/mol. The van der Waals surface area contributed by atoms with Crippen LogP contribution in [-0.4, -0.2) is 63.7 Å². The zero-order valence-electron chi connectivity index (χ0n) is 16.5. The van der Waals surface area contributed by atoms with Crippen LogP contribution in [0.3, 0.4) is 0 Å². The van der Waals surface area contributed by atoms with Crippen molar-refractivity contribution in [2.75, 3.05) is 34.4 Å². The molecule has 4 heteroatoms. The summed E-state index contributed by atoms with van der Waals surface area (Å²) in [5, 5.41) is 0. The first-order valence-electron chi connectivity index (χ1n) is 10.5. The van der Waals surface area contributed by atoms with Gasteiger partial charge in [0, 0.05) is 39.8 Å². The molecular formula is C21H37NO3. The van der Waals surface area contributed by atoms with Crippen molar-refractivity contribution >= 4 is 0 Å². The Morgan fingerprint density at radius 1 is 0.800 bits per heavy atom. The van der Waals surface area contributed by atoms with Gasteiger partial charge in [-0.3, -0.25) is 4.90 Å². The smallest absolute Gasteiger partial charge is 0.0875 e. The van der Waals surface area contributed by atoms with Crippen LogP contribution < -0.4 is 0 Å². The van der Waals surface area contributed by atoms with Gasteiger partial charge in [0.2, 0.25) is 0 Å². The molecule has 4 rings (SSSR count). The van der Waals surface area contributed by atoms with Crippen LogP contribution in [0.5, 0.6) is 0 Å². The van der Waals surface area contributed by atoms with Crippen molar-refractivity contribution in [3.05, 3.63) is 0 Å². The van der Waals surface area contributed by atoms with E-state index in [2.05, 4.69) is 11.8 Å². The summed E-state index contributed by atoms with van der Waals surface area (Å²) in [6, 6.07) is 0.759. The fraction of sp³-hybridized carbons (Fsp3) is 1.00. The van der Waals surface area contributed by atoms with E-state index in [0.717, 1.165) is 36.1 Å². The molecule has 9 unspecified atom stereocenters. The third kappa shape index (κ3) is 3.07. The summed E-state index contributed by atoms with van der Waals surface area (Å²) >= 11 is 0. The van der Waals surface area contributed by atoms with Gasteiger partial charge in [0.15, 0.2) is 0 Å². The average molecular weight is 352 g/mol.